The Morgan fingerprint density at radius 1 is 1.67 bits per heavy atom. The standard InChI is InChI=1S/C8H9BrF2N2O2/c1-2-3-13-7(14)6(9)5(4-12-13)15-8(10)11/h4,8H,2-3H2,1H3. The van der Waals surface area contributed by atoms with E-state index in [1.165, 1.54) is 4.68 Å². The highest BCUT2D eigenvalue weighted by Gasteiger charge is 2.13. The molecule has 0 aliphatic carbocycles. The van der Waals surface area contributed by atoms with Crippen LogP contribution >= 0.6 is 15.9 Å². The number of ether oxygens (including phenoxy) is 1. The van der Waals surface area contributed by atoms with Crippen LogP contribution in [0.25, 0.3) is 0 Å². The summed E-state index contributed by atoms with van der Waals surface area (Å²) in [6.07, 6.45) is 1.82. The van der Waals surface area contributed by atoms with Crippen LogP contribution in [0, 0.1) is 0 Å². The predicted octanol–water partition coefficient (Wildman–Crippen LogP) is 2.02. The minimum atomic E-state index is -2.97. The number of hydrogen-bond donors (Lipinski definition) is 0. The molecule has 0 aliphatic heterocycles. The van der Waals surface area contributed by atoms with Gasteiger partial charge >= 0.3 is 6.61 Å². The third-order valence-corrected chi connectivity index (χ3v) is 2.33. The molecule has 7 heteroatoms. The SMILES string of the molecule is CCCn1ncc(OC(F)F)c(Br)c1=O. The number of aryl methyl sites for hydroxylation is 1. The Morgan fingerprint density at radius 2 is 2.33 bits per heavy atom. The van der Waals surface area contributed by atoms with Gasteiger partial charge in [-0.1, -0.05) is 6.92 Å². The van der Waals surface area contributed by atoms with Gasteiger partial charge in [0, 0.05) is 6.54 Å². The van der Waals surface area contributed by atoms with Crippen molar-refractivity contribution in [1.82, 2.24) is 9.78 Å². The van der Waals surface area contributed by atoms with E-state index < -0.39 is 12.2 Å². The zero-order chi connectivity index (χ0) is 11.4. The second-order valence-electron chi connectivity index (χ2n) is 2.73. The summed E-state index contributed by atoms with van der Waals surface area (Å²) >= 11 is 2.90. The molecular weight excluding hydrogens is 274 g/mol. The average Bonchev–Trinajstić information content (AvgIpc) is 2.17. The van der Waals surface area contributed by atoms with Crippen LogP contribution in [0.2, 0.25) is 0 Å². The first kappa shape index (κ1) is 12.1. The summed E-state index contributed by atoms with van der Waals surface area (Å²) in [7, 11) is 0. The van der Waals surface area contributed by atoms with Crippen LogP contribution in [0.1, 0.15) is 13.3 Å². The monoisotopic (exact) mass is 282 g/mol. The first-order valence-corrected chi connectivity index (χ1v) is 5.06. The van der Waals surface area contributed by atoms with Crippen LogP contribution in [0.5, 0.6) is 5.75 Å². The van der Waals surface area contributed by atoms with Crippen molar-refractivity contribution in [3.8, 4) is 5.75 Å². The topological polar surface area (TPSA) is 44.1 Å². The molecule has 0 saturated carbocycles. The Labute approximate surface area is 93.0 Å². The smallest absolute Gasteiger partial charge is 0.387 e. The Morgan fingerprint density at radius 3 is 2.87 bits per heavy atom. The molecule has 1 heterocycles. The van der Waals surface area contributed by atoms with Gasteiger partial charge in [-0.15, -0.1) is 0 Å². The molecule has 0 amide bonds. The Balaban J connectivity index is 3.04. The molecule has 0 bridgehead atoms. The zero-order valence-electron chi connectivity index (χ0n) is 7.91. The van der Waals surface area contributed by atoms with Gasteiger partial charge in [0.1, 0.15) is 4.47 Å². The molecule has 1 rings (SSSR count). The number of alkyl halides is 2. The molecule has 4 nitrogen and oxygen atoms in total. The summed E-state index contributed by atoms with van der Waals surface area (Å²) in [6, 6.07) is 0. The molecule has 0 aliphatic rings. The fraction of sp³-hybridized carbons (Fsp3) is 0.500. The van der Waals surface area contributed by atoms with Crippen molar-refractivity contribution in [2.45, 2.75) is 26.5 Å². The lowest BCUT2D eigenvalue weighted by Crippen LogP contribution is -2.24. The van der Waals surface area contributed by atoms with Crippen molar-refractivity contribution >= 4 is 15.9 Å². The Bertz CT molecular complexity index is 395. The van der Waals surface area contributed by atoms with Crippen molar-refractivity contribution in [2.24, 2.45) is 0 Å². The van der Waals surface area contributed by atoms with Crippen molar-refractivity contribution < 1.29 is 13.5 Å². The van der Waals surface area contributed by atoms with Gasteiger partial charge in [0.15, 0.2) is 5.75 Å². The van der Waals surface area contributed by atoms with E-state index in [-0.39, 0.29) is 10.2 Å². The van der Waals surface area contributed by atoms with Gasteiger partial charge in [-0.3, -0.25) is 4.79 Å². The van der Waals surface area contributed by atoms with E-state index >= 15 is 0 Å². The van der Waals surface area contributed by atoms with Gasteiger partial charge in [0.25, 0.3) is 5.56 Å². The molecule has 15 heavy (non-hydrogen) atoms. The Kier molecular flexibility index (Phi) is 4.19. The van der Waals surface area contributed by atoms with Gasteiger partial charge < -0.3 is 4.74 Å². The summed E-state index contributed by atoms with van der Waals surface area (Å²) in [5.41, 5.74) is -0.477. The maximum absolute atomic E-state index is 11.9. The summed E-state index contributed by atoms with van der Waals surface area (Å²) in [4.78, 5) is 11.5. The second kappa shape index (κ2) is 5.20. The van der Waals surface area contributed by atoms with E-state index in [4.69, 9.17) is 0 Å². The van der Waals surface area contributed by atoms with E-state index in [2.05, 4.69) is 25.8 Å². The van der Waals surface area contributed by atoms with E-state index in [9.17, 15) is 13.6 Å². The minimum Gasteiger partial charge on any atom is -0.432 e. The molecule has 0 unspecified atom stereocenters. The number of halogens is 3. The van der Waals surface area contributed by atoms with E-state index in [1.807, 2.05) is 6.92 Å². The molecule has 0 fully saturated rings. The normalized spacial score (nSPS) is 10.7. The summed E-state index contributed by atoms with van der Waals surface area (Å²) in [5.74, 6) is -0.248. The van der Waals surface area contributed by atoms with Gasteiger partial charge in [0.05, 0.1) is 6.20 Å². The highest BCUT2D eigenvalue weighted by Crippen LogP contribution is 2.20. The summed E-state index contributed by atoms with van der Waals surface area (Å²) < 4.78 is 29.1. The highest BCUT2D eigenvalue weighted by molar-refractivity contribution is 9.10. The number of hydrogen-bond acceptors (Lipinski definition) is 3. The summed E-state index contributed by atoms with van der Waals surface area (Å²) in [5, 5.41) is 3.70. The third-order valence-electron chi connectivity index (χ3n) is 1.60. The van der Waals surface area contributed by atoms with Gasteiger partial charge in [-0.25, -0.2) is 4.68 Å². The van der Waals surface area contributed by atoms with E-state index in [0.717, 1.165) is 12.6 Å². The maximum atomic E-state index is 11.9. The van der Waals surface area contributed by atoms with Crippen LogP contribution in [0.3, 0.4) is 0 Å². The average molecular weight is 283 g/mol. The number of rotatable bonds is 4. The van der Waals surface area contributed by atoms with Crippen molar-refractivity contribution in [1.29, 1.82) is 0 Å². The lowest BCUT2D eigenvalue weighted by Gasteiger charge is -2.08. The zero-order valence-corrected chi connectivity index (χ0v) is 9.50. The molecule has 0 atom stereocenters. The predicted molar refractivity (Wildman–Crippen MR) is 53.1 cm³/mol. The summed E-state index contributed by atoms with van der Waals surface area (Å²) in [6.45, 7) is -0.651. The first-order chi connectivity index (χ1) is 7.06. The fourth-order valence-corrected chi connectivity index (χ4v) is 1.40. The van der Waals surface area contributed by atoms with Crippen LogP contribution in [-0.4, -0.2) is 16.4 Å². The minimum absolute atomic E-state index is 0.0359. The Hall–Kier alpha value is -0.980. The van der Waals surface area contributed by atoms with Crippen LogP contribution in [0.4, 0.5) is 8.78 Å². The third kappa shape index (κ3) is 2.98. The van der Waals surface area contributed by atoms with Crippen molar-refractivity contribution in [2.75, 3.05) is 0 Å². The van der Waals surface area contributed by atoms with Gasteiger partial charge in [0.2, 0.25) is 0 Å². The largest absolute Gasteiger partial charge is 0.432 e. The maximum Gasteiger partial charge on any atom is 0.387 e. The molecule has 0 radical (unpaired) electrons. The van der Waals surface area contributed by atoms with E-state index in [1.54, 1.807) is 0 Å². The van der Waals surface area contributed by atoms with Crippen LogP contribution < -0.4 is 10.3 Å². The van der Waals surface area contributed by atoms with Gasteiger partial charge in [-0.2, -0.15) is 13.9 Å². The molecule has 0 N–H and O–H groups in total. The lowest BCUT2D eigenvalue weighted by molar-refractivity contribution is -0.0508. The second-order valence-corrected chi connectivity index (χ2v) is 3.52. The van der Waals surface area contributed by atoms with Crippen molar-refractivity contribution in [3.05, 3.63) is 21.0 Å². The molecule has 0 saturated heterocycles. The van der Waals surface area contributed by atoms with Crippen molar-refractivity contribution in [3.63, 3.8) is 0 Å². The highest BCUT2D eigenvalue weighted by atomic mass is 79.9. The quantitative estimate of drug-likeness (QED) is 0.849. The molecule has 0 spiro atoms. The van der Waals surface area contributed by atoms with Gasteiger partial charge in [-0.05, 0) is 22.4 Å². The number of nitrogens with zero attached hydrogens (tertiary/aromatic N) is 2. The molecule has 84 valence electrons. The first-order valence-electron chi connectivity index (χ1n) is 4.26. The molecular formula is C8H9BrF2N2O2. The van der Waals surface area contributed by atoms with Crippen LogP contribution in [0.15, 0.2) is 15.5 Å². The molecule has 1 aromatic rings. The molecule has 0 aromatic carbocycles. The lowest BCUT2D eigenvalue weighted by atomic mass is 10.4. The number of aromatic nitrogens is 2. The molecule has 1 aromatic heterocycles. The fourth-order valence-electron chi connectivity index (χ4n) is 0.999. The van der Waals surface area contributed by atoms with Crippen LogP contribution in [-0.2, 0) is 6.54 Å². The van der Waals surface area contributed by atoms with E-state index in [0.29, 0.717) is 6.54 Å².